The summed E-state index contributed by atoms with van der Waals surface area (Å²) < 4.78 is 1.17. The van der Waals surface area contributed by atoms with E-state index in [4.69, 9.17) is 5.26 Å². The highest BCUT2D eigenvalue weighted by molar-refractivity contribution is 9.10. The first kappa shape index (κ1) is 13.3. The Labute approximate surface area is 120 Å². The number of nitriles is 1. The van der Waals surface area contributed by atoms with Gasteiger partial charge < -0.3 is 0 Å². The Hall–Kier alpha value is -1.15. The van der Waals surface area contributed by atoms with E-state index in [2.05, 4.69) is 51.5 Å². The maximum absolute atomic E-state index is 8.87. The molecule has 0 unspecified atom stereocenters. The molecule has 1 heterocycles. The summed E-state index contributed by atoms with van der Waals surface area (Å²) in [6.45, 7) is 1.76. The third-order valence-electron chi connectivity index (χ3n) is 2.61. The van der Waals surface area contributed by atoms with Gasteiger partial charge in [0.25, 0.3) is 0 Å². The van der Waals surface area contributed by atoms with Crippen LogP contribution in [0.25, 0.3) is 0 Å². The molecule has 0 amide bonds. The SMILES string of the molecule is CN(Cc1cccc(C#N)c1)Cc1sccc1Br. The highest BCUT2D eigenvalue weighted by Crippen LogP contribution is 2.24. The zero-order valence-corrected chi connectivity index (χ0v) is 12.5. The van der Waals surface area contributed by atoms with Crippen LogP contribution in [0, 0.1) is 11.3 Å². The van der Waals surface area contributed by atoms with Crippen LogP contribution in [0.1, 0.15) is 16.0 Å². The Morgan fingerprint density at radius 2 is 2.17 bits per heavy atom. The summed E-state index contributed by atoms with van der Waals surface area (Å²) in [5.74, 6) is 0. The van der Waals surface area contributed by atoms with E-state index in [0.717, 1.165) is 18.7 Å². The molecule has 0 fully saturated rings. The summed E-state index contributed by atoms with van der Waals surface area (Å²) in [7, 11) is 2.09. The molecule has 1 aromatic carbocycles. The third kappa shape index (κ3) is 3.42. The van der Waals surface area contributed by atoms with E-state index >= 15 is 0 Å². The van der Waals surface area contributed by atoms with Gasteiger partial charge in [-0.2, -0.15) is 5.26 Å². The van der Waals surface area contributed by atoms with Crippen molar-refractivity contribution in [1.29, 1.82) is 5.26 Å². The van der Waals surface area contributed by atoms with Crippen molar-refractivity contribution in [1.82, 2.24) is 4.90 Å². The van der Waals surface area contributed by atoms with Crippen LogP contribution in [0.2, 0.25) is 0 Å². The predicted molar refractivity (Wildman–Crippen MR) is 78.3 cm³/mol. The minimum absolute atomic E-state index is 0.721. The van der Waals surface area contributed by atoms with Crippen molar-refractivity contribution in [2.75, 3.05) is 7.05 Å². The van der Waals surface area contributed by atoms with Crippen LogP contribution in [0.3, 0.4) is 0 Å². The third-order valence-corrected chi connectivity index (χ3v) is 4.52. The topological polar surface area (TPSA) is 27.0 Å². The van der Waals surface area contributed by atoms with Crippen LogP contribution >= 0.6 is 27.3 Å². The minimum atomic E-state index is 0.721. The Balaban J connectivity index is 2.01. The van der Waals surface area contributed by atoms with Crippen LogP contribution in [0.15, 0.2) is 40.2 Å². The van der Waals surface area contributed by atoms with Gasteiger partial charge in [-0.25, -0.2) is 0 Å². The average molecular weight is 321 g/mol. The minimum Gasteiger partial charge on any atom is -0.297 e. The Bertz CT molecular complexity index is 571. The molecule has 0 saturated heterocycles. The molecule has 92 valence electrons. The van der Waals surface area contributed by atoms with Gasteiger partial charge >= 0.3 is 0 Å². The number of benzene rings is 1. The van der Waals surface area contributed by atoms with E-state index in [1.807, 2.05) is 18.2 Å². The van der Waals surface area contributed by atoms with Gasteiger partial charge in [0.1, 0.15) is 0 Å². The molecule has 0 spiro atoms. The van der Waals surface area contributed by atoms with Gasteiger partial charge in [-0.3, -0.25) is 4.90 Å². The molecule has 0 saturated carbocycles. The zero-order chi connectivity index (χ0) is 13.0. The van der Waals surface area contributed by atoms with Crippen LogP contribution in [0.5, 0.6) is 0 Å². The van der Waals surface area contributed by atoms with Crippen molar-refractivity contribution in [3.8, 4) is 6.07 Å². The normalized spacial score (nSPS) is 10.6. The largest absolute Gasteiger partial charge is 0.297 e. The van der Waals surface area contributed by atoms with E-state index in [9.17, 15) is 0 Å². The molecule has 2 aromatic rings. The van der Waals surface area contributed by atoms with E-state index in [0.29, 0.717) is 0 Å². The molecule has 1 aromatic heterocycles. The lowest BCUT2D eigenvalue weighted by atomic mass is 10.1. The van der Waals surface area contributed by atoms with Gasteiger partial charge in [0.2, 0.25) is 0 Å². The number of nitrogens with zero attached hydrogens (tertiary/aromatic N) is 2. The first-order valence-corrected chi connectivity index (χ1v) is 7.26. The molecule has 4 heteroatoms. The van der Waals surface area contributed by atoms with E-state index in [-0.39, 0.29) is 0 Å². The lowest BCUT2D eigenvalue weighted by molar-refractivity contribution is 0.321. The Morgan fingerprint density at radius 3 is 2.83 bits per heavy atom. The second-order valence-electron chi connectivity index (χ2n) is 4.18. The molecule has 0 atom stereocenters. The van der Waals surface area contributed by atoms with Gasteiger partial charge in [0.05, 0.1) is 11.6 Å². The maximum Gasteiger partial charge on any atom is 0.0991 e. The first-order chi connectivity index (χ1) is 8.69. The van der Waals surface area contributed by atoms with E-state index < -0.39 is 0 Å². The number of hydrogen-bond acceptors (Lipinski definition) is 3. The molecule has 2 rings (SSSR count). The van der Waals surface area contributed by atoms with Crippen molar-refractivity contribution in [3.63, 3.8) is 0 Å². The average Bonchev–Trinajstić information content (AvgIpc) is 2.75. The molecule has 0 aliphatic carbocycles. The molecule has 0 N–H and O–H groups in total. The summed E-state index contributed by atoms with van der Waals surface area (Å²) in [4.78, 5) is 3.57. The highest BCUT2D eigenvalue weighted by atomic mass is 79.9. The number of hydrogen-bond donors (Lipinski definition) is 0. The number of halogens is 1. The Morgan fingerprint density at radius 1 is 1.33 bits per heavy atom. The molecule has 0 aliphatic rings. The van der Waals surface area contributed by atoms with E-state index in [1.165, 1.54) is 14.9 Å². The van der Waals surface area contributed by atoms with Gasteiger partial charge in [-0.1, -0.05) is 12.1 Å². The lowest BCUT2D eigenvalue weighted by Crippen LogP contribution is -2.16. The molecular formula is C14H13BrN2S. The smallest absolute Gasteiger partial charge is 0.0991 e. The molecule has 0 aliphatic heterocycles. The fourth-order valence-electron chi connectivity index (χ4n) is 1.79. The second kappa shape index (κ2) is 6.14. The summed E-state index contributed by atoms with van der Waals surface area (Å²) in [6, 6.07) is 12.0. The van der Waals surface area contributed by atoms with Gasteiger partial charge in [0, 0.05) is 22.4 Å². The van der Waals surface area contributed by atoms with Crippen LogP contribution in [-0.4, -0.2) is 11.9 Å². The molecule has 2 nitrogen and oxygen atoms in total. The standard InChI is InChI=1S/C14H13BrN2S/c1-17(10-14-13(15)5-6-18-14)9-12-4-2-3-11(7-12)8-16/h2-7H,9-10H2,1H3. The van der Waals surface area contributed by atoms with Crippen molar-refractivity contribution in [3.05, 3.63) is 56.2 Å². The lowest BCUT2D eigenvalue weighted by Gasteiger charge is -2.16. The fourth-order valence-corrected chi connectivity index (χ4v) is 3.35. The molecule has 18 heavy (non-hydrogen) atoms. The van der Waals surface area contributed by atoms with Crippen molar-refractivity contribution in [2.24, 2.45) is 0 Å². The predicted octanol–water partition coefficient (Wildman–Crippen LogP) is 4.01. The van der Waals surface area contributed by atoms with Gasteiger partial charge in [-0.15, -0.1) is 11.3 Å². The fraction of sp³-hybridized carbons (Fsp3) is 0.214. The maximum atomic E-state index is 8.87. The highest BCUT2D eigenvalue weighted by Gasteiger charge is 2.06. The monoisotopic (exact) mass is 320 g/mol. The van der Waals surface area contributed by atoms with Crippen molar-refractivity contribution in [2.45, 2.75) is 13.1 Å². The summed E-state index contributed by atoms with van der Waals surface area (Å²) in [6.07, 6.45) is 0. The molecule has 0 radical (unpaired) electrons. The number of thiophene rings is 1. The molecular weight excluding hydrogens is 308 g/mol. The summed E-state index contributed by atoms with van der Waals surface area (Å²) >= 11 is 5.30. The summed E-state index contributed by atoms with van der Waals surface area (Å²) in [5.41, 5.74) is 1.89. The van der Waals surface area contributed by atoms with Crippen LogP contribution in [-0.2, 0) is 13.1 Å². The second-order valence-corrected chi connectivity index (χ2v) is 6.03. The number of rotatable bonds is 4. The van der Waals surface area contributed by atoms with Crippen LogP contribution < -0.4 is 0 Å². The van der Waals surface area contributed by atoms with Crippen molar-refractivity contribution < 1.29 is 0 Å². The van der Waals surface area contributed by atoms with Crippen molar-refractivity contribution >= 4 is 27.3 Å². The summed E-state index contributed by atoms with van der Waals surface area (Å²) in [5, 5.41) is 11.0. The van der Waals surface area contributed by atoms with Crippen LogP contribution in [0.4, 0.5) is 0 Å². The van der Waals surface area contributed by atoms with E-state index in [1.54, 1.807) is 11.3 Å². The molecule has 0 bridgehead atoms. The van der Waals surface area contributed by atoms with Gasteiger partial charge in [0.15, 0.2) is 0 Å². The first-order valence-electron chi connectivity index (χ1n) is 5.58. The quantitative estimate of drug-likeness (QED) is 0.850. The Kier molecular flexibility index (Phi) is 4.54. The van der Waals surface area contributed by atoms with Gasteiger partial charge in [-0.05, 0) is 52.1 Å². The zero-order valence-electron chi connectivity index (χ0n) is 10.1.